The van der Waals surface area contributed by atoms with Crippen molar-refractivity contribution < 1.29 is 27.1 Å². The van der Waals surface area contributed by atoms with E-state index in [0.717, 1.165) is 16.9 Å². The van der Waals surface area contributed by atoms with Crippen LogP contribution in [0.4, 0.5) is 13.2 Å². The number of nitrogens with zero attached hydrogens (tertiary/aromatic N) is 2. The fraction of sp³-hybridized carbons (Fsp3) is 0.176. The van der Waals surface area contributed by atoms with Crippen LogP contribution < -0.4 is 9.47 Å². The summed E-state index contributed by atoms with van der Waals surface area (Å²) in [6.45, 7) is 0. The zero-order valence-corrected chi connectivity index (χ0v) is 14.3. The molecule has 1 heterocycles. The van der Waals surface area contributed by atoms with Crippen LogP contribution in [0.5, 0.6) is 11.5 Å². The fourth-order valence-electron chi connectivity index (χ4n) is 2.05. The van der Waals surface area contributed by atoms with Crippen molar-refractivity contribution in [1.29, 1.82) is 0 Å². The zero-order chi connectivity index (χ0) is 18.6. The van der Waals surface area contributed by atoms with Crippen LogP contribution in [0.1, 0.15) is 5.56 Å². The third kappa shape index (κ3) is 4.92. The second-order valence-electron chi connectivity index (χ2n) is 5.08. The Morgan fingerprint density at radius 1 is 0.962 bits per heavy atom. The summed E-state index contributed by atoms with van der Waals surface area (Å²) in [6.07, 6.45) is -4.70. The van der Waals surface area contributed by atoms with Gasteiger partial charge in [-0.2, -0.15) is 0 Å². The highest BCUT2D eigenvalue weighted by atomic mass is 32.2. The lowest BCUT2D eigenvalue weighted by Gasteiger charge is -2.08. The first-order valence-corrected chi connectivity index (χ1v) is 8.37. The summed E-state index contributed by atoms with van der Waals surface area (Å²) >= 11 is 1.29. The average molecular weight is 382 g/mol. The monoisotopic (exact) mass is 382 g/mol. The van der Waals surface area contributed by atoms with Crippen LogP contribution in [0.15, 0.2) is 58.2 Å². The molecule has 0 unspecified atom stereocenters. The van der Waals surface area contributed by atoms with Gasteiger partial charge in [-0.25, -0.2) is 0 Å². The maximum absolute atomic E-state index is 12.1. The largest absolute Gasteiger partial charge is 0.573 e. The predicted molar refractivity (Wildman–Crippen MR) is 89.0 cm³/mol. The smallest absolute Gasteiger partial charge is 0.497 e. The lowest BCUT2D eigenvalue weighted by atomic mass is 10.2. The first-order chi connectivity index (χ1) is 12.4. The van der Waals surface area contributed by atoms with Crippen LogP contribution in [0.2, 0.25) is 0 Å². The van der Waals surface area contributed by atoms with E-state index >= 15 is 0 Å². The van der Waals surface area contributed by atoms with E-state index in [4.69, 9.17) is 9.15 Å². The van der Waals surface area contributed by atoms with Gasteiger partial charge >= 0.3 is 6.36 Å². The number of hydrogen-bond donors (Lipinski definition) is 0. The van der Waals surface area contributed by atoms with Gasteiger partial charge in [0.25, 0.3) is 5.22 Å². The highest BCUT2D eigenvalue weighted by Crippen LogP contribution is 2.28. The molecule has 26 heavy (non-hydrogen) atoms. The van der Waals surface area contributed by atoms with E-state index < -0.39 is 6.36 Å². The molecule has 0 amide bonds. The second-order valence-corrected chi connectivity index (χ2v) is 6.01. The molecule has 0 bridgehead atoms. The van der Waals surface area contributed by atoms with Crippen molar-refractivity contribution in [2.75, 3.05) is 7.11 Å². The van der Waals surface area contributed by atoms with Gasteiger partial charge in [0.2, 0.25) is 5.89 Å². The molecule has 2 aromatic carbocycles. The third-order valence-corrected chi connectivity index (χ3v) is 4.15. The highest BCUT2D eigenvalue weighted by molar-refractivity contribution is 7.98. The minimum absolute atomic E-state index is 0.258. The Hall–Kier alpha value is -2.68. The van der Waals surface area contributed by atoms with Crippen LogP contribution in [0, 0.1) is 0 Å². The molecule has 0 spiro atoms. The Balaban J connectivity index is 1.59. The molecule has 0 saturated heterocycles. The van der Waals surface area contributed by atoms with Gasteiger partial charge in [-0.15, -0.1) is 23.4 Å². The summed E-state index contributed by atoms with van der Waals surface area (Å²) in [5, 5.41) is 8.31. The van der Waals surface area contributed by atoms with Crippen molar-refractivity contribution in [1.82, 2.24) is 10.2 Å². The standard InChI is InChI=1S/C17H13F3N2O3S/c1-23-13-8-4-12(5-9-13)15-21-22-16(24-15)26-10-11-2-6-14(7-3-11)25-17(18,19)20/h2-9H,10H2,1H3. The van der Waals surface area contributed by atoms with Crippen molar-refractivity contribution >= 4 is 11.8 Å². The van der Waals surface area contributed by atoms with Crippen molar-refractivity contribution in [3.63, 3.8) is 0 Å². The molecule has 0 aliphatic rings. The molecule has 9 heteroatoms. The lowest BCUT2D eigenvalue weighted by Crippen LogP contribution is -2.16. The van der Waals surface area contributed by atoms with Crippen LogP contribution in [0.25, 0.3) is 11.5 Å². The number of rotatable bonds is 6. The molecule has 0 atom stereocenters. The molecule has 0 fully saturated rings. The van der Waals surface area contributed by atoms with Crippen LogP contribution >= 0.6 is 11.8 Å². The molecule has 0 aliphatic heterocycles. The molecule has 3 rings (SSSR count). The van der Waals surface area contributed by atoms with E-state index in [1.54, 1.807) is 43.5 Å². The normalized spacial score (nSPS) is 11.4. The maximum Gasteiger partial charge on any atom is 0.573 e. The Kier molecular flexibility index (Phi) is 5.36. The Labute approximate surface area is 151 Å². The van der Waals surface area contributed by atoms with Crippen molar-refractivity contribution in [3.05, 3.63) is 54.1 Å². The van der Waals surface area contributed by atoms with E-state index in [9.17, 15) is 13.2 Å². The van der Waals surface area contributed by atoms with Crippen LogP contribution in [-0.2, 0) is 5.75 Å². The quantitative estimate of drug-likeness (QED) is 0.563. The van der Waals surface area contributed by atoms with Gasteiger partial charge in [0.05, 0.1) is 7.11 Å². The minimum atomic E-state index is -4.70. The summed E-state index contributed by atoms with van der Waals surface area (Å²) in [4.78, 5) is 0. The molecule has 1 aromatic heterocycles. The van der Waals surface area contributed by atoms with E-state index in [2.05, 4.69) is 14.9 Å². The van der Waals surface area contributed by atoms with E-state index in [1.807, 2.05) is 0 Å². The molecule has 136 valence electrons. The van der Waals surface area contributed by atoms with E-state index in [-0.39, 0.29) is 5.75 Å². The topological polar surface area (TPSA) is 57.4 Å². The van der Waals surface area contributed by atoms with E-state index in [1.165, 1.54) is 23.9 Å². The predicted octanol–water partition coefficient (Wildman–Crippen LogP) is 4.94. The summed E-state index contributed by atoms with van der Waals surface area (Å²) in [6, 6.07) is 12.8. The number of benzene rings is 2. The number of alkyl halides is 3. The average Bonchev–Trinajstić information content (AvgIpc) is 3.09. The Bertz CT molecular complexity index is 849. The van der Waals surface area contributed by atoms with Crippen LogP contribution in [-0.4, -0.2) is 23.7 Å². The number of aromatic nitrogens is 2. The fourth-order valence-corrected chi connectivity index (χ4v) is 2.77. The number of thioether (sulfide) groups is 1. The number of ether oxygens (including phenoxy) is 2. The van der Waals surface area contributed by atoms with Gasteiger partial charge in [-0.05, 0) is 42.0 Å². The minimum Gasteiger partial charge on any atom is -0.497 e. The van der Waals surface area contributed by atoms with Crippen molar-refractivity contribution in [2.45, 2.75) is 17.3 Å². The molecule has 0 aliphatic carbocycles. The molecule has 5 nitrogen and oxygen atoms in total. The van der Waals surface area contributed by atoms with Gasteiger partial charge < -0.3 is 13.9 Å². The van der Waals surface area contributed by atoms with Crippen LogP contribution in [0.3, 0.4) is 0 Å². The zero-order valence-electron chi connectivity index (χ0n) is 13.5. The second kappa shape index (κ2) is 7.69. The summed E-state index contributed by atoms with van der Waals surface area (Å²) in [5.74, 6) is 1.31. The van der Waals surface area contributed by atoms with Crippen molar-refractivity contribution in [2.24, 2.45) is 0 Å². The number of methoxy groups -OCH3 is 1. The molecule has 0 radical (unpaired) electrons. The van der Waals surface area contributed by atoms with Gasteiger partial charge in [-0.1, -0.05) is 23.9 Å². The van der Waals surface area contributed by atoms with E-state index in [0.29, 0.717) is 16.9 Å². The Morgan fingerprint density at radius 3 is 2.23 bits per heavy atom. The third-order valence-electron chi connectivity index (χ3n) is 3.26. The maximum atomic E-state index is 12.1. The molecule has 0 N–H and O–H groups in total. The number of hydrogen-bond acceptors (Lipinski definition) is 6. The van der Waals surface area contributed by atoms with Crippen molar-refractivity contribution in [3.8, 4) is 23.0 Å². The summed E-state index contributed by atoms with van der Waals surface area (Å²) < 4.78 is 50.9. The Morgan fingerprint density at radius 2 is 1.62 bits per heavy atom. The molecule has 3 aromatic rings. The molecule has 0 saturated carbocycles. The molecular formula is C17H13F3N2O3S. The van der Waals surface area contributed by atoms with Gasteiger partial charge in [0, 0.05) is 11.3 Å². The summed E-state index contributed by atoms with van der Waals surface area (Å²) in [5.41, 5.74) is 1.56. The first-order valence-electron chi connectivity index (χ1n) is 7.38. The number of halogens is 3. The highest BCUT2D eigenvalue weighted by Gasteiger charge is 2.30. The first kappa shape index (κ1) is 18.1. The SMILES string of the molecule is COc1ccc(-c2nnc(SCc3ccc(OC(F)(F)F)cc3)o2)cc1. The molecular weight excluding hydrogens is 369 g/mol. The summed E-state index contributed by atoms with van der Waals surface area (Å²) in [7, 11) is 1.58. The lowest BCUT2D eigenvalue weighted by molar-refractivity contribution is -0.274. The van der Waals surface area contributed by atoms with Gasteiger partial charge in [0.15, 0.2) is 0 Å². The van der Waals surface area contributed by atoms with Gasteiger partial charge in [0.1, 0.15) is 11.5 Å². The van der Waals surface area contributed by atoms with Gasteiger partial charge in [-0.3, -0.25) is 0 Å².